The molecule has 150 valence electrons. The smallest absolute Gasteiger partial charge is 0.209 e. The molecular weight excluding hydrogens is 306 g/mol. The van der Waals surface area contributed by atoms with E-state index >= 15 is 0 Å². The first kappa shape index (κ1) is 24.5. The third-order valence-electron chi connectivity index (χ3n) is 5.25. The third-order valence-corrected chi connectivity index (χ3v) is 5.25. The first-order valence-electron chi connectivity index (χ1n) is 11.5. The van der Waals surface area contributed by atoms with Crippen molar-refractivity contribution in [3.8, 4) is 0 Å². The van der Waals surface area contributed by atoms with Crippen LogP contribution in [0.5, 0.6) is 0 Å². The Bertz CT molecular complexity index is 254. The summed E-state index contributed by atoms with van der Waals surface area (Å²) in [5.74, 6) is 0. The average Bonchev–Trinajstić information content (AvgIpc) is 2.63. The van der Waals surface area contributed by atoms with Crippen molar-refractivity contribution >= 4 is 6.41 Å². The van der Waals surface area contributed by atoms with Crippen LogP contribution in [0.1, 0.15) is 129 Å². The summed E-state index contributed by atoms with van der Waals surface area (Å²) in [5.41, 5.74) is 0. The van der Waals surface area contributed by atoms with Gasteiger partial charge >= 0.3 is 0 Å². The summed E-state index contributed by atoms with van der Waals surface area (Å²) in [5, 5.41) is 0. The second-order valence-corrected chi connectivity index (χ2v) is 7.80. The summed E-state index contributed by atoms with van der Waals surface area (Å²) in [6, 6.07) is 0. The molecule has 25 heavy (non-hydrogen) atoms. The summed E-state index contributed by atoms with van der Waals surface area (Å²) in [4.78, 5) is 12.9. The molecule has 0 radical (unpaired) electrons. The molecule has 0 rings (SSSR count). The molecule has 0 aliphatic heterocycles. The fourth-order valence-corrected chi connectivity index (χ4v) is 3.44. The summed E-state index contributed by atoms with van der Waals surface area (Å²) >= 11 is 0. The lowest BCUT2D eigenvalue weighted by atomic mass is 10.0. The minimum Gasteiger partial charge on any atom is -0.345 e. The summed E-state index contributed by atoms with van der Waals surface area (Å²) in [6.07, 6.45) is 25.8. The fourth-order valence-electron chi connectivity index (χ4n) is 3.44. The van der Waals surface area contributed by atoms with E-state index in [0.29, 0.717) is 0 Å². The van der Waals surface area contributed by atoms with Crippen LogP contribution >= 0.6 is 0 Å². The standard InChI is InChI=1S/C23H47NO/c1-3-5-7-8-9-10-11-12-13-14-15-16-17-18-19-20-22-24(23-25)21-6-4-2/h23H,3-22H2,1-2H3. The molecule has 0 heterocycles. The van der Waals surface area contributed by atoms with Crippen LogP contribution in [0, 0.1) is 0 Å². The highest BCUT2D eigenvalue weighted by Gasteiger charge is 2.00. The molecule has 0 aromatic heterocycles. The summed E-state index contributed by atoms with van der Waals surface area (Å²) in [7, 11) is 0. The monoisotopic (exact) mass is 353 g/mol. The van der Waals surface area contributed by atoms with Crippen LogP contribution in [-0.2, 0) is 4.79 Å². The minimum atomic E-state index is 0.943. The molecule has 0 aromatic rings. The lowest BCUT2D eigenvalue weighted by Crippen LogP contribution is -2.24. The van der Waals surface area contributed by atoms with Crippen LogP contribution in [0.2, 0.25) is 0 Å². The molecule has 0 bridgehead atoms. The fraction of sp³-hybridized carbons (Fsp3) is 0.957. The van der Waals surface area contributed by atoms with E-state index in [4.69, 9.17) is 0 Å². The quantitative estimate of drug-likeness (QED) is 0.154. The Balaban J connectivity index is 3.12. The Hall–Kier alpha value is -0.530. The Morgan fingerprint density at radius 2 is 0.800 bits per heavy atom. The molecule has 0 aliphatic carbocycles. The van der Waals surface area contributed by atoms with Crippen molar-refractivity contribution in [2.45, 2.75) is 129 Å². The van der Waals surface area contributed by atoms with Crippen molar-refractivity contribution in [1.82, 2.24) is 4.90 Å². The molecule has 0 N–H and O–H groups in total. The van der Waals surface area contributed by atoms with Crippen molar-refractivity contribution in [2.24, 2.45) is 0 Å². The van der Waals surface area contributed by atoms with Gasteiger partial charge in [-0.25, -0.2) is 0 Å². The van der Waals surface area contributed by atoms with Crippen LogP contribution in [0.25, 0.3) is 0 Å². The number of hydrogen-bond donors (Lipinski definition) is 0. The van der Waals surface area contributed by atoms with Gasteiger partial charge in [-0.1, -0.05) is 117 Å². The van der Waals surface area contributed by atoms with E-state index in [1.165, 1.54) is 109 Å². The normalized spacial score (nSPS) is 11.0. The van der Waals surface area contributed by atoms with E-state index in [1.807, 2.05) is 4.90 Å². The molecule has 2 heteroatoms. The van der Waals surface area contributed by atoms with E-state index in [0.717, 1.165) is 25.9 Å². The Kier molecular flexibility index (Phi) is 21.1. The second-order valence-electron chi connectivity index (χ2n) is 7.80. The zero-order valence-electron chi connectivity index (χ0n) is 17.6. The van der Waals surface area contributed by atoms with E-state index in [2.05, 4.69) is 13.8 Å². The lowest BCUT2D eigenvalue weighted by molar-refractivity contribution is -0.118. The van der Waals surface area contributed by atoms with Gasteiger partial charge in [-0.2, -0.15) is 0 Å². The Labute approximate surface area is 159 Å². The predicted molar refractivity (Wildman–Crippen MR) is 112 cm³/mol. The van der Waals surface area contributed by atoms with Gasteiger partial charge in [0.1, 0.15) is 0 Å². The van der Waals surface area contributed by atoms with E-state index in [1.54, 1.807) is 0 Å². The molecule has 0 spiro atoms. The van der Waals surface area contributed by atoms with E-state index in [9.17, 15) is 4.79 Å². The first-order chi connectivity index (χ1) is 12.3. The SMILES string of the molecule is CCCCCCCCCCCCCCCCCCN(C=O)CCCC. The van der Waals surface area contributed by atoms with Gasteiger partial charge in [-0.3, -0.25) is 4.79 Å². The van der Waals surface area contributed by atoms with Gasteiger partial charge in [0.25, 0.3) is 0 Å². The van der Waals surface area contributed by atoms with E-state index < -0.39 is 0 Å². The number of hydrogen-bond acceptors (Lipinski definition) is 1. The number of carbonyl (C=O) groups excluding carboxylic acids is 1. The molecule has 2 nitrogen and oxygen atoms in total. The first-order valence-corrected chi connectivity index (χ1v) is 11.5. The molecule has 0 saturated carbocycles. The van der Waals surface area contributed by atoms with Gasteiger partial charge in [-0.05, 0) is 12.8 Å². The molecule has 0 aromatic carbocycles. The molecule has 0 aliphatic rings. The summed E-state index contributed by atoms with van der Waals surface area (Å²) < 4.78 is 0. The van der Waals surface area contributed by atoms with Gasteiger partial charge < -0.3 is 4.90 Å². The molecule has 0 unspecified atom stereocenters. The van der Waals surface area contributed by atoms with Gasteiger partial charge in [0.2, 0.25) is 6.41 Å². The molecule has 1 amide bonds. The zero-order chi connectivity index (χ0) is 18.4. The summed E-state index contributed by atoms with van der Waals surface area (Å²) in [6.45, 7) is 6.37. The number of nitrogens with zero attached hydrogens (tertiary/aromatic N) is 1. The average molecular weight is 354 g/mol. The minimum absolute atomic E-state index is 0.943. The maximum atomic E-state index is 10.9. The van der Waals surface area contributed by atoms with Crippen molar-refractivity contribution in [3.63, 3.8) is 0 Å². The number of amides is 1. The predicted octanol–water partition coefficient (Wildman–Crippen LogP) is 7.51. The second kappa shape index (κ2) is 21.5. The molecule has 0 saturated heterocycles. The van der Waals surface area contributed by atoms with Crippen molar-refractivity contribution in [3.05, 3.63) is 0 Å². The Morgan fingerprint density at radius 3 is 1.16 bits per heavy atom. The zero-order valence-corrected chi connectivity index (χ0v) is 17.6. The number of carbonyl (C=O) groups is 1. The highest BCUT2D eigenvalue weighted by molar-refractivity contribution is 5.46. The van der Waals surface area contributed by atoms with Crippen LogP contribution in [-0.4, -0.2) is 24.4 Å². The highest BCUT2D eigenvalue weighted by Crippen LogP contribution is 2.13. The number of rotatable bonds is 21. The largest absolute Gasteiger partial charge is 0.345 e. The van der Waals surface area contributed by atoms with Gasteiger partial charge in [0.05, 0.1) is 0 Å². The Morgan fingerprint density at radius 1 is 0.480 bits per heavy atom. The van der Waals surface area contributed by atoms with Crippen LogP contribution < -0.4 is 0 Å². The molecule has 0 atom stereocenters. The van der Waals surface area contributed by atoms with Gasteiger partial charge in [0.15, 0.2) is 0 Å². The van der Waals surface area contributed by atoms with Crippen LogP contribution in [0.3, 0.4) is 0 Å². The maximum Gasteiger partial charge on any atom is 0.209 e. The van der Waals surface area contributed by atoms with Crippen LogP contribution in [0.4, 0.5) is 0 Å². The van der Waals surface area contributed by atoms with E-state index in [-0.39, 0.29) is 0 Å². The van der Waals surface area contributed by atoms with Crippen molar-refractivity contribution < 1.29 is 4.79 Å². The molecular formula is C23H47NO. The molecule has 0 fully saturated rings. The number of unbranched alkanes of at least 4 members (excludes halogenated alkanes) is 16. The van der Waals surface area contributed by atoms with Crippen LogP contribution in [0.15, 0.2) is 0 Å². The third kappa shape index (κ3) is 19.6. The van der Waals surface area contributed by atoms with Gasteiger partial charge in [0, 0.05) is 13.1 Å². The van der Waals surface area contributed by atoms with Gasteiger partial charge in [-0.15, -0.1) is 0 Å². The topological polar surface area (TPSA) is 20.3 Å². The van der Waals surface area contributed by atoms with Crippen molar-refractivity contribution in [2.75, 3.05) is 13.1 Å². The highest BCUT2D eigenvalue weighted by atomic mass is 16.1. The maximum absolute atomic E-state index is 10.9. The van der Waals surface area contributed by atoms with Crippen molar-refractivity contribution in [1.29, 1.82) is 0 Å². The lowest BCUT2D eigenvalue weighted by Gasteiger charge is -2.16.